The maximum absolute atomic E-state index is 3.48. The van der Waals surface area contributed by atoms with Crippen LogP contribution in [-0.4, -0.2) is 37.6 Å². The second-order valence-electron chi connectivity index (χ2n) is 5.81. The van der Waals surface area contributed by atoms with Gasteiger partial charge in [0.1, 0.15) is 0 Å². The lowest BCUT2D eigenvalue weighted by Gasteiger charge is -2.29. The largest absolute Gasteiger partial charge is 0.316 e. The van der Waals surface area contributed by atoms with Gasteiger partial charge < -0.3 is 10.2 Å². The van der Waals surface area contributed by atoms with Crippen LogP contribution in [0.2, 0.25) is 0 Å². The Morgan fingerprint density at radius 2 is 1.93 bits per heavy atom. The molecule has 0 aliphatic carbocycles. The second kappa shape index (κ2) is 5.86. The third-order valence-corrected chi connectivity index (χ3v) is 3.77. The summed E-state index contributed by atoms with van der Waals surface area (Å²) < 4.78 is 0. The molecule has 15 heavy (non-hydrogen) atoms. The molecule has 1 fully saturated rings. The van der Waals surface area contributed by atoms with Gasteiger partial charge in [-0.25, -0.2) is 0 Å². The van der Waals surface area contributed by atoms with E-state index in [1.54, 1.807) is 0 Å². The lowest BCUT2D eigenvalue weighted by molar-refractivity contribution is 0.187. The van der Waals surface area contributed by atoms with Crippen LogP contribution in [0.5, 0.6) is 0 Å². The van der Waals surface area contributed by atoms with Crippen molar-refractivity contribution in [2.45, 2.75) is 40.2 Å². The van der Waals surface area contributed by atoms with Crippen molar-refractivity contribution in [2.75, 3.05) is 26.7 Å². The van der Waals surface area contributed by atoms with Gasteiger partial charge in [-0.2, -0.15) is 0 Å². The van der Waals surface area contributed by atoms with Gasteiger partial charge in [-0.1, -0.05) is 20.8 Å². The van der Waals surface area contributed by atoms with Gasteiger partial charge in [-0.15, -0.1) is 0 Å². The predicted octanol–water partition coefficient (Wildman–Crippen LogP) is 2.21. The first kappa shape index (κ1) is 13.0. The zero-order chi connectivity index (χ0) is 11.4. The summed E-state index contributed by atoms with van der Waals surface area (Å²) in [5, 5.41) is 3.48. The molecule has 0 aromatic rings. The van der Waals surface area contributed by atoms with Crippen LogP contribution < -0.4 is 5.32 Å². The van der Waals surface area contributed by atoms with E-state index in [-0.39, 0.29) is 0 Å². The first-order valence-electron chi connectivity index (χ1n) is 6.41. The SMILES string of the molecule is CC(C)CC(C)N(C)C[C@@H]1CNC[C@H]1C. The minimum absolute atomic E-state index is 0.720. The number of nitrogens with zero attached hydrogens (tertiary/aromatic N) is 1. The Morgan fingerprint density at radius 3 is 2.40 bits per heavy atom. The van der Waals surface area contributed by atoms with Gasteiger partial charge in [0.05, 0.1) is 0 Å². The van der Waals surface area contributed by atoms with Crippen molar-refractivity contribution in [2.24, 2.45) is 17.8 Å². The number of nitrogens with one attached hydrogen (secondary N) is 1. The van der Waals surface area contributed by atoms with E-state index in [1.165, 1.54) is 26.1 Å². The molecule has 0 amide bonds. The van der Waals surface area contributed by atoms with E-state index < -0.39 is 0 Å². The van der Waals surface area contributed by atoms with E-state index in [2.05, 4.69) is 45.0 Å². The van der Waals surface area contributed by atoms with Crippen LogP contribution in [0.3, 0.4) is 0 Å². The van der Waals surface area contributed by atoms with Crippen LogP contribution in [0.25, 0.3) is 0 Å². The van der Waals surface area contributed by atoms with Gasteiger partial charge in [0.15, 0.2) is 0 Å². The molecule has 0 spiro atoms. The summed E-state index contributed by atoms with van der Waals surface area (Å²) >= 11 is 0. The van der Waals surface area contributed by atoms with Gasteiger partial charge >= 0.3 is 0 Å². The van der Waals surface area contributed by atoms with Crippen LogP contribution in [0, 0.1) is 17.8 Å². The van der Waals surface area contributed by atoms with Crippen molar-refractivity contribution < 1.29 is 0 Å². The Bertz CT molecular complexity index is 179. The highest BCUT2D eigenvalue weighted by Crippen LogP contribution is 2.19. The van der Waals surface area contributed by atoms with Crippen molar-refractivity contribution in [3.05, 3.63) is 0 Å². The van der Waals surface area contributed by atoms with Gasteiger partial charge in [0, 0.05) is 12.6 Å². The highest BCUT2D eigenvalue weighted by molar-refractivity contribution is 4.81. The molecule has 0 bridgehead atoms. The molecule has 90 valence electrons. The topological polar surface area (TPSA) is 15.3 Å². The molecule has 1 saturated heterocycles. The lowest BCUT2D eigenvalue weighted by Crippen LogP contribution is -2.36. The molecule has 0 saturated carbocycles. The summed E-state index contributed by atoms with van der Waals surface area (Å²) in [5.74, 6) is 2.50. The monoisotopic (exact) mass is 212 g/mol. The highest BCUT2D eigenvalue weighted by Gasteiger charge is 2.25. The Balaban J connectivity index is 2.30. The third-order valence-electron chi connectivity index (χ3n) is 3.77. The van der Waals surface area contributed by atoms with Crippen LogP contribution >= 0.6 is 0 Å². The average molecular weight is 212 g/mol. The molecule has 1 unspecified atom stereocenters. The van der Waals surface area contributed by atoms with E-state index >= 15 is 0 Å². The van der Waals surface area contributed by atoms with Crippen LogP contribution in [0.15, 0.2) is 0 Å². The molecule has 0 radical (unpaired) electrons. The predicted molar refractivity (Wildman–Crippen MR) is 67.1 cm³/mol. The van der Waals surface area contributed by atoms with E-state index in [0.717, 1.165) is 23.8 Å². The zero-order valence-corrected chi connectivity index (χ0v) is 11.1. The summed E-state index contributed by atoms with van der Waals surface area (Å²) in [6, 6.07) is 0.720. The minimum atomic E-state index is 0.720. The molecule has 0 aromatic heterocycles. The number of hydrogen-bond donors (Lipinski definition) is 1. The van der Waals surface area contributed by atoms with Crippen molar-refractivity contribution >= 4 is 0 Å². The van der Waals surface area contributed by atoms with E-state index in [4.69, 9.17) is 0 Å². The van der Waals surface area contributed by atoms with Crippen molar-refractivity contribution in [1.29, 1.82) is 0 Å². The standard InChI is InChI=1S/C13H28N2/c1-10(2)6-12(4)15(5)9-13-8-14-7-11(13)3/h10-14H,6-9H2,1-5H3/t11-,12?,13+/m1/s1. The molecule has 1 aliphatic rings. The van der Waals surface area contributed by atoms with Gasteiger partial charge in [-0.3, -0.25) is 0 Å². The fourth-order valence-corrected chi connectivity index (χ4v) is 2.52. The molecule has 3 atom stereocenters. The summed E-state index contributed by atoms with van der Waals surface area (Å²) in [4.78, 5) is 2.54. The smallest absolute Gasteiger partial charge is 0.00664 e. The fraction of sp³-hybridized carbons (Fsp3) is 1.00. The summed E-state index contributed by atoms with van der Waals surface area (Å²) in [7, 11) is 2.28. The fourth-order valence-electron chi connectivity index (χ4n) is 2.52. The first-order valence-corrected chi connectivity index (χ1v) is 6.41. The molecule has 2 nitrogen and oxygen atoms in total. The molecular weight excluding hydrogens is 184 g/mol. The van der Waals surface area contributed by atoms with Crippen LogP contribution in [0.1, 0.15) is 34.1 Å². The van der Waals surface area contributed by atoms with Crippen LogP contribution in [0.4, 0.5) is 0 Å². The maximum atomic E-state index is 3.48. The number of rotatable bonds is 5. The Labute approximate surface area is 95.4 Å². The molecule has 0 aromatic carbocycles. The zero-order valence-electron chi connectivity index (χ0n) is 11.1. The summed E-state index contributed by atoms with van der Waals surface area (Å²) in [5.41, 5.74) is 0. The number of hydrogen-bond acceptors (Lipinski definition) is 2. The molecular formula is C13H28N2. The molecule has 2 heteroatoms. The van der Waals surface area contributed by atoms with E-state index in [9.17, 15) is 0 Å². The van der Waals surface area contributed by atoms with Crippen molar-refractivity contribution in [1.82, 2.24) is 10.2 Å². The van der Waals surface area contributed by atoms with E-state index in [0.29, 0.717) is 0 Å². The molecule has 1 heterocycles. The molecule has 1 rings (SSSR count). The van der Waals surface area contributed by atoms with E-state index in [1.807, 2.05) is 0 Å². The highest BCUT2D eigenvalue weighted by atomic mass is 15.1. The molecule has 1 N–H and O–H groups in total. The van der Waals surface area contributed by atoms with Gasteiger partial charge in [-0.05, 0) is 51.2 Å². The van der Waals surface area contributed by atoms with Gasteiger partial charge in [0.25, 0.3) is 0 Å². The van der Waals surface area contributed by atoms with Crippen molar-refractivity contribution in [3.8, 4) is 0 Å². The Kier molecular flexibility index (Phi) is 5.07. The Hall–Kier alpha value is -0.0800. The molecule has 1 aliphatic heterocycles. The van der Waals surface area contributed by atoms with Gasteiger partial charge in [0.2, 0.25) is 0 Å². The summed E-state index contributed by atoms with van der Waals surface area (Å²) in [6.45, 7) is 13.0. The summed E-state index contributed by atoms with van der Waals surface area (Å²) in [6.07, 6.45) is 1.31. The second-order valence-corrected chi connectivity index (χ2v) is 5.81. The maximum Gasteiger partial charge on any atom is 0.00664 e. The van der Waals surface area contributed by atoms with Crippen LogP contribution in [-0.2, 0) is 0 Å². The normalized spacial score (nSPS) is 29.0. The quantitative estimate of drug-likeness (QED) is 0.751. The Morgan fingerprint density at radius 1 is 1.27 bits per heavy atom. The third kappa shape index (κ3) is 4.12. The minimum Gasteiger partial charge on any atom is -0.316 e. The first-order chi connectivity index (χ1) is 7.00. The van der Waals surface area contributed by atoms with Crippen molar-refractivity contribution in [3.63, 3.8) is 0 Å². The lowest BCUT2D eigenvalue weighted by atomic mass is 9.96. The average Bonchev–Trinajstić information content (AvgIpc) is 2.50.